The molecular weight excluding hydrogens is 299 g/mol. The van der Waals surface area contributed by atoms with Crippen molar-refractivity contribution < 1.29 is 22.4 Å². The molecule has 21 heavy (non-hydrogen) atoms. The topological polar surface area (TPSA) is 92.3 Å². The van der Waals surface area contributed by atoms with Crippen LogP contribution in [-0.4, -0.2) is 38.3 Å². The number of benzene rings is 1. The van der Waals surface area contributed by atoms with E-state index in [-0.39, 0.29) is 17.9 Å². The van der Waals surface area contributed by atoms with Crippen molar-refractivity contribution >= 4 is 27.3 Å². The lowest BCUT2D eigenvalue weighted by Gasteiger charge is -2.17. The zero-order valence-corrected chi connectivity index (χ0v) is 12.5. The fourth-order valence-electron chi connectivity index (χ4n) is 1.63. The third kappa shape index (κ3) is 6.35. The molecule has 0 aliphatic rings. The van der Waals surface area contributed by atoms with E-state index in [1.54, 1.807) is 6.07 Å². The van der Waals surface area contributed by atoms with Crippen LogP contribution in [0.3, 0.4) is 0 Å². The maximum absolute atomic E-state index is 13.5. The van der Waals surface area contributed by atoms with E-state index in [9.17, 15) is 22.4 Å². The summed E-state index contributed by atoms with van der Waals surface area (Å²) in [6, 6.07) is 4.52. The standard InChI is InChI=1S/C13H17FN2O4S/c1-9(17)15-12(7-8-21(2,19)20)13(18)16-11-6-4-3-5-10(11)14/h3-6,12H,7-8H2,1-2H3,(H,15,17)(H,16,18)/t12-/m1/s1. The van der Waals surface area contributed by atoms with Gasteiger partial charge in [-0.15, -0.1) is 0 Å². The third-order valence-corrected chi connectivity index (χ3v) is 3.58. The monoisotopic (exact) mass is 316 g/mol. The Morgan fingerprint density at radius 3 is 2.43 bits per heavy atom. The Kier molecular flexibility index (Phi) is 5.83. The summed E-state index contributed by atoms with van der Waals surface area (Å²) in [5.41, 5.74) is -0.0304. The van der Waals surface area contributed by atoms with Crippen LogP contribution in [-0.2, 0) is 19.4 Å². The van der Waals surface area contributed by atoms with Crippen molar-refractivity contribution in [1.82, 2.24) is 5.32 Å². The van der Waals surface area contributed by atoms with Gasteiger partial charge in [-0.25, -0.2) is 12.8 Å². The zero-order valence-electron chi connectivity index (χ0n) is 11.7. The number of nitrogens with one attached hydrogen (secondary N) is 2. The molecule has 0 fully saturated rings. The van der Waals surface area contributed by atoms with Crippen LogP contribution >= 0.6 is 0 Å². The Balaban J connectivity index is 2.80. The average Bonchev–Trinajstić information content (AvgIpc) is 2.35. The van der Waals surface area contributed by atoms with E-state index in [1.807, 2.05) is 0 Å². The van der Waals surface area contributed by atoms with Gasteiger partial charge < -0.3 is 10.6 Å². The summed E-state index contributed by atoms with van der Waals surface area (Å²) in [6.45, 7) is 1.21. The summed E-state index contributed by atoms with van der Waals surface area (Å²) in [7, 11) is -3.27. The fourth-order valence-corrected chi connectivity index (χ4v) is 2.29. The highest BCUT2D eigenvalue weighted by atomic mass is 32.2. The first-order chi connectivity index (χ1) is 9.69. The van der Waals surface area contributed by atoms with Gasteiger partial charge in [-0.2, -0.15) is 0 Å². The first-order valence-corrected chi connectivity index (χ1v) is 8.25. The predicted octanol–water partition coefficient (Wildman–Crippen LogP) is 0.704. The van der Waals surface area contributed by atoms with E-state index in [0.29, 0.717) is 0 Å². The van der Waals surface area contributed by atoms with Crippen LogP contribution in [0.1, 0.15) is 13.3 Å². The van der Waals surface area contributed by atoms with Crippen LogP contribution in [0.5, 0.6) is 0 Å². The van der Waals surface area contributed by atoms with Gasteiger partial charge in [0.2, 0.25) is 11.8 Å². The van der Waals surface area contributed by atoms with Gasteiger partial charge in [-0.05, 0) is 18.6 Å². The first-order valence-electron chi connectivity index (χ1n) is 6.19. The van der Waals surface area contributed by atoms with Crippen LogP contribution < -0.4 is 10.6 Å². The number of carbonyl (C=O) groups is 2. The van der Waals surface area contributed by atoms with Gasteiger partial charge >= 0.3 is 0 Å². The van der Waals surface area contributed by atoms with Crippen molar-refractivity contribution in [2.75, 3.05) is 17.3 Å². The summed E-state index contributed by atoms with van der Waals surface area (Å²) in [5.74, 6) is -2.02. The highest BCUT2D eigenvalue weighted by molar-refractivity contribution is 7.90. The first kappa shape index (κ1) is 17.1. The Morgan fingerprint density at radius 2 is 1.90 bits per heavy atom. The number of hydrogen-bond acceptors (Lipinski definition) is 4. The molecule has 0 heterocycles. The fraction of sp³-hybridized carbons (Fsp3) is 0.385. The lowest BCUT2D eigenvalue weighted by Crippen LogP contribution is -2.44. The molecule has 1 aromatic carbocycles. The number of para-hydroxylation sites is 1. The minimum atomic E-state index is -3.27. The molecule has 0 spiro atoms. The molecule has 8 heteroatoms. The molecule has 0 radical (unpaired) electrons. The Morgan fingerprint density at radius 1 is 1.29 bits per heavy atom. The van der Waals surface area contributed by atoms with E-state index in [1.165, 1.54) is 25.1 Å². The largest absolute Gasteiger partial charge is 0.345 e. The molecule has 1 atom stereocenters. The summed E-state index contributed by atoms with van der Waals surface area (Å²) in [6.07, 6.45) is 0.950. The van der Waals surface area contributed by atoms with Crippen molar-refractivity contribution in [3.05, 3.63) is 30.1 Å². The molecular formula is C13H17FN2O4S. The Labute approximate surface area is 122 Å². The second kappa shape index (κ2) is 7.16. The molecule has 1 aromatic rings. The molecule has 0 bridgehead atoms. The molecule has 0 aromatic heterocycles. The van der Waals surface area contributed by atoms with E-state index in [4.69, 9.17) is 0 Å². The van der Waals surface area contributed by atoms with E-state index >= 15 is 0 Å². The third-order valence-electron chi connectivity index (χ3n) is 2.60. The highest BCUT2D eigenvalue weighted by Crippen LogP contribution is 2.13. The molecule has 0 saturated heterocycles. The minimum absolute atomic E-state index is 0.0304. The van der Waals surface area contributed by atoms with Gasteiger partial charge in [0, 0.05) is 13.2 Å². The summed E-state index contributed by atoms with van der Waals surface area (Å²) in [5, 5.41) is 4.68. The lowest BCUT2D eigenvalue weighted by molar-refractivity contribution is -0.125. The van der Waals surface area contributed by atoms with Crippen LogP contribution in [0.2, 0.25) is 0 Å². The molecule has 0 aliphatic heterocycles. The molecule has 0 unspecified atom stereocenters. The van der Waals surface area contributed by atoms with Crippen molar-refractivity contribution in [2.45, 2.75) is 19.4 Å². The SMILES string of the molecule is CC(=O)N[C@H](CCS(C)(=O)=O)C(=O)Nc1ccccc1F. The second-order valence-corrected chi connectivity index (χ2v) is 6.90. The number of hydrogen-bond donors (Lipinski definition) is 2. The Bertz CT molecular complexity index is 631. The number of rotatable bonds is 6. The van der Waals surface area contributed by atoms with Crippen LogP contribution in [0.4, 0.5) is 10.1 Å². The van der Waals surface area contributed by atoms with Gasteiger partial charge in [-0.1, -0.05) is 12.1 Å². The molecule has 2 N–H and O–H groups in total. The second-order valence-electron chi connectivity index (χ2n) is 4.64. The predicted molar refractivity (Wildman–Crippen MR) is 77.0 cm³/mol. The summed E-state index contributed by atoms with van der Waals surface area (Å²) >= 11 is 0. The van der Waals surface area contributed by atoms with E-state index in [2.05, 4.69) is 10.6 Å². The smallest absolute Gasteiger partial charge is 0.247 e. The van der Waals surface area contributed by atoms with Crippen molar-refractivity contribution in [1.29, 1.82) is 0 Å². The van der Waals surface area contributed by atoms with Crippen molar-refractivity contribution in [3.63, 3.8) is 0 Å². The van der Waals surface area contributed by atoms with Gasteiger partial charge in [0.05, 0.1) is 11.4 Å². The van der Waals surface area contributed by atoms with Crippen molar-refractivity contribution in [3.8, 4) is 0 Å². The van der Waals surface area contributed by atoms with Crippen molar-refractivity contribution in [2.24, 2.45) is 0 Å². The number of sulfone groups is 1. The molecule has 0 saturated carbocycles. The maximum atomic E-state index is 13.5. The maximum Gasteiger partial charge on any atom is 0.247 e. The quantitative estimate of drug-likeness (QED) is 0.808. The number of carbonyl (C=O) groups excluding carboxylic acids is 2. The Hall–Kier alpha value is -1.96. The minimum Gasteiger partial charge on any atom is -0.345 e. The van der Waals surface area contributed by atoms with Gasteiger partial charge in [0.1, 0.15) is 21.7 Å². The molecule has 1 rings (SSSR count). The normalized spacial score (nSPS) is 12.5. The molecule has 2 amide bonds. The van der Waals surface area contributed by atoms with E-state index < -0.39 is 33.5 Å². The van der Waals surface area contributed by atoms with Gasteiger partial charge in [-0.3, -0.25) is 9.59 Å². The van der Waals surface area contributed by atoms with Crippen LogP contribution in [0.15, 0.2) is 24.3 Å². The van der Waals surface area contributed by atoms with Gasteiger partial charge in [0.25, 0.3) is 0 Å². The summed E-state index contributed by atoms with van der Waals surface area (Å²) < 4.78 is 35.8. The van der Waals surface area contributed by atoms with Gasteiger partial charge in [0.15, 0.2) is 0 Å². The van der Waals surface area contributed by atoms with E-state index in [0.717, 1.165) is 6.26 Å². The zero-order chi connectivity index (χ0) is 16.0. The average molecular weight is 316 g/mol. The lowest BCUT2D eigenvalue weighted by atomic mass is 10.2. The highest BCUT2D eigenvalue weighted by Gasteiger charge is 2.22. The number of amides is 2. The number of halogens is 1. The molecule has 0 aliphatic carbocycles. The van der Waals surface area contributed by atoms with Crippen LogP contribution in [0, 0.1) is 5.82 Å². The molecule has 116 valence electrons. The van der Waals surface area contributed by atoms with Crippen LogP contribution in [0.25, 0.3) is 0 Å². The number of anilines is 1. The summed E-state index contributed by atoms with van der Waals surface area (Å²) in [4.78, 5) is 23.1. The molecule has 6 nitrogen and oxygen atoms in total.